The minimum absolute atomic E-state index is 0.135. The van der Waals surface area contributed by atoms with Crippen molar-refractivity contribution in [3.05, 3.63) is 97.1 Å². The molecule has 0 aromatic heterocycles. The number of anilines is 4. The zero-order valence-electron chi connectivity index (χ0n) is 24.2. The first-order valence-corrected chi connectivity index (χ1v) is 14.4. The van der Waals surface area contributed by atoms with Gasteiger partial charge >= 0.3 is 5.97 Å². The number of nitrogen functional groups attached to an aromatic ring is 4. The van der Waals surface area contributed by atoms with Crippen LogP contribution in [0.3, 0.4) is 0 Å². The number of rotatable bonds is 16. The molecule has 4 aromatic rings. The lowest BCUT2D eigenvalue weighted by atomic mass is 10.1. The van der Waals surface area contributed by atoms with E-state index in [9.17, 15) is 0 Å². The van der Waals surface area contributed by atoms with Gasteiger partial charge in [0.1, 0.15) is 23.0 Å². The molecular formula is C34H42N4O4. The van der Waals surface area contributed by atoms with E-state index >= 15 is 0 Å². The Kier molecular flexibility index (Phi) is 10.6. The van der Waals surface area contributed by atoms with Gasteiger partial charge in [-0.1, -0.05) is 19.3 Å². The lowest BCUT2D eigenvalue weighted by Crippen LogP contribution is -2.48. The number of nitrogens with two attached hydrogens (primary N) is 4. The second-order valence-corrected chi connectivity index (χ2v) is 10.5. The first-order valence-electron chi connectivity index (χ1n) is 14.4. The number of ether oxygens (including phenoxy) is 4. The van der Waals surface area contributed by atoms with E-state index in [0.29, 0.717) is 40.7 Å². The van der Waals surface area contributed by atoms with Gasteiger partial charge in [-0.15, -0.1) is 0 Å². The fraction of sp³-hybridized carbons (Fsp3) is 0.294. The highest BCUT2D eigenvalue weighted by atomic mass is 16.9. The monoisotopic (exact) mass is 570 g/mol. The minimum atomic E-state index is -1.44. The molecule has 0 heterocycles. The van der Waals surface area contributed by atoms with Crippen molar-refractivity contribution in [3.8, 4) is 23.0 Å². The van der Waals surface area contributed by atoms with Crippen molar-refractivity contribution in [2.24, 2.45) is 0 Å². The molecule has 0 aliphatic heterocycles. The Hall–Kier alpha value is -4.72. The van der Waals surface area contributed by atoms with Crippen LogP contribution in [0.1, 0.15) is 51.9 Å². The van der Waals surface area contributed by atoms with Crippen LogP contribution in [0.25, 0.3) is 0 Å². The SMILES string of the molecule is CC(CCCCCCCC(Oc1ccc(N)cc1)(Oc1ccc(N)cc1)Oc1ccc(N)cc1)Oc1ccc(N)cc1. The van der Waals surface area contributed by atoms with Crippen molar-refractivity contribution in [1.82, 2.24) is 0 Å². The van der Waals surface area contributed by atoms with Crippen LogP contribution >= 0.6 is 0 Å². The van der Waals surface area contributed by atoms with Crippen LogP contribution in [0.2, 0.25) is 0 Å². The van der Waals surface area contributed by atoms with E-state index in [1.165, 1.54) is 0 Å². The summed E-state index contributed by atoms with van der Waals surface area (Å²) in [5.41, 5.74) is 26.1. The predicted octanol–water partition coefficient (Wildman–Crippen LogP) is 7.40. The van der Waals surface area contributed by atoms with Gasteiger partial charge in [0, 0.05) is 22.7 Å². The molecule has 4 rings (SSSR count). The number of hydrogen-bond acceptors (Lipinski definition) is 8. The normalized spacial score (nSPS) is 11.9. The molecule has 0 saturated carbocycles. The molecule has 8 heteroatoms. The Morgan fingerprint density at radius 3 is 1.21 bits per heavy atom. The molecule has 222 valence electrons. The van der Waals surface area contributed by atoms with Crippen LogP contribution in [0.4, 0.5) is 22.7 Å². The van der Waals surface area contributed by atoms with Crippen LogP contribution in [-0.4, -0.2) is 12.1 Å². The molecule has 0 aliphatic rings. The Morgan fingerprint density at radius 1 is 0.476 bits per heavy atom. The van der Waals surface area contributed by atoms with Crippen LogP contribution in [0.15, 0.2) is 97.1 Å². The van der Waals surface area contributed by atoms with E-state index in [1.54, 1.807) is 72.8 Å². The van der Waals surface area contributed by atoms with E-state index < -0.39 is 5.97 Å². The fourth-order valence-electron chi connectivity index (χ4n) is 4.50. The number of hydrogen-bond donors (Lipinski definition) is 4. The summed E-state index contributed by atoms with van der Waals surface area (Å²) in [7, 11) is 0. The molecular weight excluding hydrogens is 528 g/mol. The lowest BCUT2D eigenvalue weighted by Gasteiger charge is -2.34. The zero-order chi connectivity index (χ0) is 29.8. The molecule has 0 radical (unpaired) electrons. The van der Waals surface area contributed by atoms with Gasteiger partial charge in [0.25, 0.3) is 0 Å². The second kappa shape index (κ2) is 14.8. The van der Waals surface area contributed by atoms with Gasteiger partial charge in [-0.3, -0.25) is 0 Å². The summed E-state index contributed by atoms with van der Waals surface area (Å²) in [6.07, 6.45) is 6.63. The molecule has 1 unspecified atom stereocenters. The van der Waals surface area contributed by atoms with Crippen LogP contribution in [0.5, 0.6) is 23.0 Å². The molecule has 0 bridgehead atoms. The summed E-state index contributed by atoms with van der Waals surface area (Å²) in [5.74, 6) is 1.13. The summed E-state index contributed by atoms with van der Waals surface area (Å²) in [6, 6.07) is 29.0. The largest absolute Gasteiger partial charge is 0.491 e. The smallest absolute Gasteiger partial charge is 0.417 e. The van der Waals surface area contributed by atoms with Gasteiger partial charge in [0.15, 0.2) is 0 Å². The molecule has 42 heavy (non-hydrogen) atoms. The number of benzene rings is 4. The van der Waals surface area contributed by atoms with Crippen LogP contribution in [-0.2, 0) is 0 Å². The lowest BCUT2D eigenvalue weighted by molar-refractivity contribution is -0.257. The maximum Gasteiger partial charge on any atom is 0.417 e. The highest BCUT2D eigenvalue weighted by molar-refractivity contribution is 5.44. The minimum Gasteiger partial charge on any atom is -0.491 e. The third-order valence-electron chi connectivity index (χ3n) is 6.77. The Labute approximate surface area is 248 Å². The third kappa shape index (κ3) is 9.73. The second-order valence-electron chi connectivity index (χ2n) is 10.5. The molecule has 0 fully saturated rings. The summed E-state index contributed by atoms with van der Waals surface area (Å²) in [6.45, 7) is 2.10. The van der Waals surface area contributed by atoms with Crippen molar-refractivity contribution in [3.63, 3.8) is 0 Å². The van der Waals surface area contributed by atoms with E-state index in [4.69, 9.17) is 41.9 Å². The van der Waals surface area contributed by atoms with Crippen LogP contribution < -0.4 is 41.9 Å². The van der Waals surface area contributed by atoms with Crippen molar-refractivity contribution in [1.29, 1.82) is 0 Å². The number of unbranched alkanes of at least 4 members (excludes halogenated alkanes) is 4. The maximum atomic E-state index is 6.46. The Bertz CT molecular complexity index is 1230. The molecule has 0 saturated heterocycles. The highest BCUT2D eigenvalue weighted by Gasteiger charge is 2.38. The summed E-state index contributed by atoms with van der Waals surface area (Å²) in [5, 5.41) is 0. The molecule has 0 aliphatic carbocycles. The van der Waals surface area contributed by atoms with E-state index in [1.807, 2.05) is 24.3 Å². The van der Waals surface area contributed by atoms with Gasteiger partial charge in [0.2, 0.25) is 0 Å². The summed E-state index contributed by atoms with van der Waals surface area (Å²) in [4.78, 5) is 0. The van der Waals surface area contributed by atoms with Crippen molar-refractivity contribution in [2.75, 3.05) is 22.9 Å². The molecule has 8 N–H and O–H groups in total. The van der Waals surface area contributed by atoms with Gasteiger partial charge in [-0.2, -0.15) is 0 Å². The summed E-state index contributed by atoms with van der Waals surface area (Å²) < 4.78 is 25.4. The average molecular weight is 571 g/mol. The van der Waals surface area contributed by atoms with Crippen molar-refractivity contribution in [2.45, 2.75) is 63.9 Å². The Balaban J connectivity index is 1.38. The van der Waals surface area contributed by atoms with Gasteiger partial charge in [-0.25, -0.2) is 0 Å². The topological polar surface area (TPSA) is 141 Å². The standard InChI is InChI=1S/C34H42N4O4/c1-25(39-30-16-8-26(35)9-17-30)7-5-3-2-4-6-24-34(40-31-18-10-27(36)11-19-31,41-32-20-12-28(37)13-21-32)42-33-22-14-29(38)15-23-33/h8-23,25H,2-7,24,35-38H2,1H3. The summed E-state index contributed by atoms with van der Waals surface area (Å²) >= 11 is 0. The van der Waals surface area contributed by atoms with Gasteiger partial charge in [0.05, 0.1) is 12.5 Å². The van der Waals surface area contributed by atoms with Crippen molar-refractivity contribution >= 4 is 22.7 Å². The van der Waals surface area contributed by atoms with E-state index in [0.717, 1.165) is 50.0 Å². The Morgan fingerprint density at radius 2 is 0.810 bits per heavy atom. The molecule has 0 spiro atoms. The molecule has 4 aromatic carbocycles. The van der Waals surface area contributed by atoms with Gasteiger partial charge < -0.3 is 41.9 Å². The van der Waals surface area contributed by atoms with Gasteiger partial charge in [-0.05, 0) is 123 Å². The molecule has 1 atom stereocenters. The third-order valence-corrected chi connectivity index (χ3v) is 6.77. The van der Waals surface area contributed by atoms with E-state index in [-0.39, 0.29) is 6.10 Å². The fourth-order valence-corrected chi connectivity index (χ4v) is 4.50. The molecule has 0 amide bonds. The average Bonchev–Trinajstić information content (AvgIpc) is 2.97. The quantitative estimate of drug-likeness (QED) is 0.0620. The van der Waals surface area contributed by atoms with E-state index in [2.05, 4.69) is 6.92 Å². The maximum absolute atomic E-state index is 6.46. The van der Waals surface area contributed by atoms with Crippen LogP contribution in [0, 0.1) is 0 Å². The van der Waals surface area contributed by atoms with Crippen molar-refractivity contribution < 1.29 is 18.9 Å². The molecule has 8 nitrogen and oxygen atoms in total. The highest BCUT2D eigenvalue weighted by Crippen LogP contribution is 2.32. The first-order chi connectivity index (χ1) is 20.3. The zero-order valence-corrected chi connectivity index (χ0v) is 24.2. The predicted molar refractivity (Wildman–Crippen MR) is 170 cm³/mol. The first kappa shape index (κ1) is 30.2.